The minimum absolute atomic E-state index is 0. The number of imidazole rings is 1. The lowest BCUT2D eigenvalue weighted by Crippen LogP contribution is -2.37. The Morgan fingerprint density at radius 2 is 1.93 bits per heavy atom. The molecule has 1 aromatic heterocycles. The zero-order valence-corrected chi connectivity index (χ0v) is 19.7. The van der Waals surface area contributed by atoms with E-state index in [9.17, 15) is 0 Å². The molecule has 8 heteroatoms. The Labute approximate surface area is 185 Å². The smallest absolute Gasteiger partial charge is 0.191 e. The summed E-state index contributed by atoms with van der Waals surface area (Å²) in [5.74, 6) is 3.75. The topological polar surface area (TPSA) is 72.7 Å². The number of aromatic nitrogens is 2. The first-order valence-electron chi connectivity index (χ1n) is 9.30. The largest absolute Gasteiger partial charge is 0.493 e. The number of rotatable bonds is 9. The fourth-order valence-corrected chi connectivity index (χ4v) is 2.72. The molecule has 156 valence electrons. The average molecular weight is 501 g/mol. The zero-order valence-electron chi connectivity index (χ0n) is 17.4. The Bertz CT molecular complexity index is 746. The van der Waals surface area contributed by atoms with E-state index in [1.54, 1.807) is 14.2 Å². The first-order chi connectivity index (χ1) is 13.1. The molecule has 1 heterocycles. The lowest BCUT2D eigenvalue weighted by Gasteiger charge is -2.14. The highest BCUT2D eigenvalue weighted by atomic mass is 127. The molecule has 0 radical (unpaired) electrons. The van der Waals surface area contributed by atoms with Gasteiger partial charge in [0.25, 0.3) is 0 Å². The summed E-state index contributed by atoms with van der Waals surface area (Å²) in [6.45, 7) is 9.35. The van der Waals surface area contributed by atoms with Gasteiger partial charge in [-0.05, 0) is 30.5 Å². The number of halogens is 1. The number of hydrogen-bond acceptors (Lipinski definition) is 4. The van der Waals surface area contributed by atoms with Crippen LogP contribution in [0.15, 0.2) is 35.6 Å². The van der Waals surface area contributed by atoms with Gasteiger partial charge in [-0.2, -0.15) is 0 Å². The van der Waals surface area contributed by atoms with Crippen molar-refractivity contribution in [1.82, 2.24) is 20.2 Å². The van der Waals surface area contributed by atoms with Crippen molar-refractivity contribution in [3.8, 4) is 11.5 Å². The lowest BCUT2D eigenvalue weighted by molar-refractivity contribution is 0.354. The maximum Gasteiger partial charge on any atom is 0.191 e. The van der Waals surface area contributed by atoms with Gasteiger partial charge in [-0.25, -0.2) is 9.98 Å². The van der Waals surface area contributed by atoms with Crippen molar-refractivity contribution >= 4 is 29.9 Å². The molecule has 2 N–H and O–H groups in total. The van der Waals surface area contributed by atoms with E-state index in [0.29, 0.717) is 30.5 Å². The maximum absolute atomic E-state index is 5.36. The monoisotopic (exact) mass is 501 g/mol. The number of benzene rings is 1. The Kier molecular flexibility index (Phi) is 10.7. The van der Waals surface area contributed by atoms with E-state index in [0.717, 1.165) is 30.4 Å². The molecule has 0 saturated carbocycles. The van der Waals surface area contributed by atoms with Crippen LogP contribution in [0.5, 0.6) is 11.5 Å². The van der Waals surface area contributed by atoms with E-state index in [4.69, 9.17) is 9.47 Å². The van der Waals surface area contributed by atoms with Gasteiger partial charge in [0.15, 0.2) is 17.5 Å². The predicted octanol–water partition coefficient (Wildman–Crippen LogP) is 3.43. The number of guanidine groups is 1. The third kappa shape index (κ3) is 7.21. The first-order valence-corrected chi connectivity index (χ1v) is 9.30. The summed E-state index contributed by atoms with van der Waals surface area (Å²) in [6.07, 6.45) is 3.86. The molecule has 1 aromatic carbocycles. The summed E-state index contributed by atoms with van der Waals surface area (Å²) in [5.41, 5.74) is 1.05. The van der Waals surface area contributed by atoms with Crippen LogP contribution in [0.25, 0.3) is 0 Å². The molecule has 0 atom stereocenters. The summed E-state index contributed by atoms with van der Waals surface area (Å²) in [6, 6.07) is 5.83. The van der Waals surface area contributed by atoms with Crippen molar-refractivity contribution in [2.45, 2.75) is 40.4 Å². The van der Waals surface area contributed by atoms with E-state index >= 15 is 0 Å². The molecule has 0 aliphatic heterocycles. The van der Waals surface area contributed by atoms with E-state index in [-0.39, 0.29) is 24.0 Å². The molecule has 28 heavy (non-hydrogen) atoms. The van der Waals surface area contributed by atoms with Crippen LogP contribution in [0, 0.1) is 5.92 Å². The third-order valence-corrected chi connectivity index (χ3v) is 3.99. The number of methoxy groups -OCH3 is 2. The molecule has 2 aromatic rings. The van der Waals surface area contributed by atoms with Crippen LogP contribution in [0.4, 0.5) is 0 Å². The van der Waals surface area contributed by atoms with Gasteiger partial charge in [-0.1, -0.05) is 19.9 Å². The summed E-state index contributed by atoms with van der Waals surface area (Å²) >= 11 is 0. The average Bonchev–Trinajstić information content (AvgIpc) is 3.09. The van der Waals surface area contributed by atoms with Gasteiger partial charge in [0, 0.05) is 25.5 Å². The summed E-state index contributed by atoms with van der Waals surface area (Å²) in [5, 5.41) is 6.63. The van der Waals surface area contributed by atoms with Gasteiger partial charge in [0.2, 0.25) is 0 Å². The van der Waals surface area contributed by atoms with Crippen LogP contribution < -0.4 is 20.1 Å². The second kappa shape index (κ2) is 12.5. The van der Waals surface area contributed by atoms with Gasteiger partial charge < -0.3 is 24.7 Å². The van der Waals surface area contributed by atoms with Crippen molar-refractivity contribution < 1.29 is 9.47 Å². The normalized spacial score (nSPS) is 11.1. The highest BCUT2D eigenvalue weighted by molar-refractivity contribution is 14.0. The number of ether oxygens (including phenoxy) is 2. The van der Waals surface area contributed by atoms with Crippen LogP contribution in [-0.2, 0) is 19.6 Å². The second-order valence-corrected chi connectivity index (χ2v) is 6.63. The minimum atomic E-state index is 0. The summed E-state index contributed by atoms with van der Waals surface area (Å²) in [7, 11) is 3.27. The third-order valence-electron chi connectivity index (χ3n) is 3.99. The SMILES string of the molecule is CCNC(=NCc1ccc(OC)c(OC)c1)NCc1nccn1CC(C)C.I. The van der Waals surface area contributed by atoms with Crippen LogP contribution in [-0.4, -0.2) is 36.3 Å². The molecule has 0 unspecified atom stereocenters. The van der Waals surface area contributed by atoms with Crippen molar-refractivity contribution in [2.75, 3.05) is 20.8 Å². The number of aliphatic imine (C=N–C) groups is 1. The van der Waals surface area contributed by atoms with E-state index in [1.165, 1.54) is 0 Å². The summed E-state index contributed by atoms with van der Waals surface area (Å²) < 4.78 is 12.8. The minimum Gasteiger partial charge on any atom is -0.493 e. The Balaban J connectivity index is 0.00000392. The second-order valence-electron chi connectivity index (χ2n) is 6.63. The van der Waals surface area contributed by atoms with Gasteiger partial charge in [-0.3, -0.25) is 0 Å². The molecule has 0 aliphatic rings. The number of hydrogen-bond donors (Lipinski definition) is 2. The Hall–Kier alpha value is -1.97. The molecule has 0 aliphatic carbocycles. The van der Waals surface area contributed by atoms with E-state index < -0.39 is 0 Å². The van der Waals surface area contributed by atoms with Gasteiger partial charge in [0.1, 0.15) is 5.82 Å². The van der Waals surface area contributed by atoms with Crippen molar-refractivity contribution in [3.63, 3.8) is 0 Å². The van der Waals surface area contributed by atoms with E-state index in [1.807, 2.05) is 37.5 Å². The standard InChI is InChI=1S/C20H31N5O2.HI/c1-6-21-20(24-13-19-22-9-10-25(19)14-15(2)3)23-12-16-7-8-17(26-4)18(11-16)27-5;/h7-11,15H,6,12-14H2,1-5H3,(H2,21,23,24);1H. The number of nitrogens with one attached hydrogen (secondary N) is 2. The van der Waals surface area contributed by atoms with Crippen LogP contribution in [0.1, 0.15) is 32.2 Å². The zero-order chi connectivity index (χ0) is 19.6. The van der Waals surface area contributed by atoms with Crippen molar-refractivity contribution in [2.24, 2.45) is 10.9 Å². The van der Waals surface area contributed by atoms with Crippen LogP contribution in [0.3, 0.4) is 0 Å². The van der Waals surface area contributed by atoms with Crippen LogP contribution >= 0.6 is 24.0 Å². The molecule has 7 nitrogen and oxygen atoms in total. The van der Waals surface area contributed by atoms with Gasteiger partial charge in [0.05, 0.1) is 27.3 Å². The molecule has 0 spiro atoms. The molecular formula is C20H32IN5O2. The summed E-state index contributed by atoms with van der Waals surface area (Å²) in [4.78, 5) is 9.11. The highest BCUT2D eigenvalue weighted by Crippen LogP contribution is 2.27. The lowest BCUT2D eigenvalue weighted by atomic mass is 10.2. The molecule has 0 fully saturated rings. The first kappa shape index (κ1) is 24.1. The Morgan fingerprint density at radius 3 is 2.57 bits per heavy atom. The molecule has 0 saturated heterocycles. The maximum atomic E-state index is 5.36. The van der Waals surface area contributed by atoms with Crippen molar-refractivity contribution in [3.05, 3.63) is 42.0 Å². The van der Waals surface area contributed by atoms with Gasteiger partial charge >= 0.3 is 0 Å². The molecule has 0 bridgehead atoms. The van der Waals surface area contributed by atoms with Gasteiger partial charge in [-0.15, -0.1) is 24.0 Å². The molecule has 2 rings (SSSR count). The molecular weight excluding hydrogens is 469 g/mol. The van der Waals surface area contributed by atoms with Crippen LogP contribution in [0.2, 0.25) is 0 Å². The molecule has 0 amide bonds. The fraction of sp³-hybridized carbons (Fsp3) is 0.500. The quantitative estimate of drug-likeness (QED) is 0.313. The van der Waals surface area contributed by atoms with Crippen molar-refractivity contribution in [1.29, 1.82) is 0 Å². The predicted molar refractivity (Wildman–Crippen MR) is 124 cm³/mol. The number of nitrogens with zero attached hydrogens (tertiary/aromatic N) is 3. The fourth-order valence-electron chi connectivity index (χ4n) is 2.72. The Morgan fingerprint density at radius 1 is 1.18 bits per heavy atom. The van der Waals surface area contributed by atoms with E-state index in [2.05, 4.69) is 39.0 Å². The highest BCUT2D eigenvalue weighted by Gasteiger charge is 2.07.